The average Bonchev–Trinajstić information content (AvgIpc) is 2.37. The zero-order valence-electron chi connectivity index (χ0n) is 12.5. The lowest BCUT2D eigenvalue weighted by Crippen LogP contribution is -2.37. The summed E-state index contributed by atoms with van der Waals surface area (Å²) < 4.78 is 26.7. The topological polar surface area (TPSA) is 95.5 Å². The van der Waals surface area contributed by atoms with Crippen LogP contribution in [-0.2, 0) is 14.8 Å². The Balaban J connectivity index is 2.60. The number of rotatable bonds is 7. The van der Waals surface area contributed by atoms with Gasteiger partial charge in [0.05, 0.1) is 11.5 Å². The largest absolute Gasteiger partial charge is 0.394 e. The van der Waals surface area contributed by atoms with Crippen molar-refractivity contribution in [1.29, 1.82) is 0 Å². The standard InChI is InChI=1S/C14H22N2O4S/c1-10-4-5-13(11(2)8-10)21(19,20)15-7-6-14(18)16-12(3)9-17/h4-5,8,12,15,17H,6-7,9H2,1-3H3,(H,16,18). The number of carbonyl (C=O) groups excluding carboxylic acids is 1. The van der Waals surface area contributed by atoms with E-state index in [-0.39, 0.29) is 36.4 Å². The molecule has 0 spiro atoms. The van der Waals surface area contributed by atoms with Crippen LogP contribution in [0.3, 0.4) is 0 Å². The monoisotopic (exact) mass is 314 g/mol. The highest BCUT2D eigenvalue weighted by atomic mass is 32.2. The molecular formula is C14H22N2O4S. The molecule has 1 aromatic carbocycles. The van der Waals surface area contributed by atoms with Crippen LogP contribution in [0.5, 0.6) is 0 Å². The van der Waals surface area contributed by atoms with E-state index in [1.165, 1.54) is 0 Å². The van der Waals surface area contributed by atoms with Crippen molar-refractivity contribution in [3.8, 4) is 0 Å². The number of amides is 1. The maximum absolute atomic E-state index is 12.1. The third-order valence-corrected chi connectivity index (χ3v) is 4.57. The van der Waals surface area contributed by atoms with Crippen LogP contribution in [0.4, 0.5) is 0 Å². The second-order valence-corrected chi connectivity index (χ2v) is 6.80. The van der Waals surface area contributed by atoms with Crippen LogP contribution >= 0.6 is 0 Å². The number of aryl methyl sites for hydroxylation is 2. The molecule has 7 heteroatoms. The molecule has 0 heterocycles. The second kappa shape index (κ2) is 7.53. The Morgan fingerprint density at radius 3 is 2.57 bits per heavy atom. The first-order valence-corrected chi connectivity index (χ1v) is 8.21. The molecule has 0 aliphatic heterocycles. The van der Waals surface area contributed by atoms with Crippen LogP contribution in [0.1, 0.15) is 24.5 Å². The Bertz CT molecular complexity index is 599. The van der Waals surface area contributed by atoms with Gasteiger partial charge in [0.25, 0.3) is 0 Å². The SMILES string of the molecule is Cc1ccc(S(=O)(=O)NCCC(=O)NC(C)CO)c(C)c1. The van der Waals surface area contributed by atoms with Gasteiger partial charge in [-0.3, -0.25) is 4.79 Å². The van der Waals surface area contributed by atoms with Crippen LogP contribution in [0.2, 0.25) is 0 Å². The number of hydrogen-bond acceptors (Lipinski definition) is 4. The molecule has 1 atom stereocenters. The van der Waals surface area contributed by atoms with E-state index in [2.05, 4.69) is 10.0 Å². The summed E-state index contributed by atoms with van der Waals surface area (Å²) in [5.74, 6) is -0.306. The van der Waals surface area contributed by atoms with Gasteiger partial charge in [0.2, 0.25) is 15.9 Å². The Kier molecular flexibility index (Phi) is 6.32. The van der Waals surface area contributed by atoms with Crippen LogP contribution in [-0.4, -0.2) is 38.6 Å². The summed E-state index contributed by atoms with van der Waals surface area (Å²) in [5, 5.41) is 11.4. The summed E-state index contributed by atoms with van der Waals surface area (Å²) in [6.07, 6.45) is 0.0223. The van der Waals surface area contributed by atoms with Crippen molar-refractivity contribution >= 4 is 15.9 Å². The number of aliphatic hydroxyl groups excluding tert-OH is 1. The van der Waals surface area contributed by atoms with E-state index in [0.29, 0.717) is 5.56 Å². The van der Waals surface area contributed by atoms with Crippen molar-refractivity contribution in [3.05, 3.63) is 29.3 Å². The third kappa shape index (κ3) is 5.45. The van der Waals surface area contributed by atoms with Gasteiger partial charge in [-0.2, -0.15) is 0 Å². The number of carbonyl (C=O) groups is 1. The predicted molar refractivity (Wildman–Crippen MR) is 80.4 cm³/mol. The van der Waals surface area contributed by atoms with Crippen LogP contribution < -0.4 is 10.0 Å². The third-order valence-electron chi connectivity index (χ3n) is 2.95. The van der Waals surface area contributed by atoms with E-state index in [4.69, 9.17) is 5.11 Å². The van der Waals surface area contributed by atoms with Gasteiger partial charge >= 0.3 is 0 Å². The molecular weight excluding hydrogens is 292 g/mol. The molecule has 0 fully saturated rings. The zero-order valence-corrected chi connectivity index (χ0v) is 13.3. The van der Waals surface area contributed by atoms with E-state index in [1.54, 1.807) is 32.0 Å². The first kappa shape index (κ1) is 17.6. The molecule has 0 aliphatic rings. The summed E-state index contributed by atoms with van der Waals surface area (Å²) in [5.41, 5.74) is 1.66. The zero-order chi connectivity index (χ0) is 16.0. The molecule has 1 rings (SSSR count). The van der Waals surface area contributed by atoms with Crippen molar-refractivity contribution in [2.75, 3.05) is 13.2 Å². The second-order valence-electron chi connectivity index (χ2n) is 5.07. The highest BCUT2D eigenvalue weighted by Gasteiger charge is 2.16. The molecule has 0 bridgehead atoms. The van der Waals surface area contributed by atoms with Crippen molar-refractivity contribution in [3.63, 3.8) is 0 Å². The van der Waals surface area contributed by atoms with Crippen molar-refractivity contribution < 1.29 is 18.3 Å². The number of aliphatic hydroxyl groups is 1. The Labute approximate surface area is 125 Å². The maximum atomic E-state index is 12.1. The molecule has 6 nitrogen and oxygen atoms in total. The van der Waals surface area contributed by atoms with Crippen molar-refractivity contribution in [2.24, 2.45) is 0 Å². The summed E-state index contributed by atoms with van der Waals surface area (Å²) in [4.78, 5) is 11.7. The predicted octanol–water partition coefficient (Wildman–Crippen LogP) is 0.469. The molecule has 1 amide bonds. The summed E-state index contributed by atoms with van der Waals surface area (Å²) in [6.45, 7) is 5.15. The summed E-state index contributed by atoms with van der Waals surface area (Å²) in [6, 6.07) is 4.75. The lowest BCUT2D eigenvalue weighted by Gasteiger charge is -2.12. The lowest BCUT2D eigenvalue weighted by atomic mass is 10.2. The van der Waals surface area contributed by atoms with E-state index in [9.17, 15) is 13.2 Å². The number of benzene rings is 1. The highest BCUT2D eigenvalue weighted by molar-refractivity contribution is 7.89. The molecule has 0 saturated carbocycles. The number of sulfonamides is 1. The fourth-order valence-corrected chi connectivity index (χ4v) is 3.13. The fraction of sp³-hybridized carbons (Fsp3) is 0.500. The first-order chi connectivity index (χ1) is 9.76. The molecule has 0 aliphatic carbocycles. The molecule has 0 saturated heterocycles. The molecule has 118 valence electrons. The molecule has 1 unspecified atom stereocenters. The Morgan fingerprint density at radius 2 is 2.00 bits per heavy atom. The van der Waals surface area contributed by atoms with Gasteiger partial charge in [-0.05, 0) is 32.4 Å². The van der Waals surface area contributed by atoms with E-state index >= 15 is 0 Å². The van der Waals surface area contributed by atoms with Crippen molar-refractivity contribution in [2.45, 2.75) is 38.1 Å². The van der Waals surface area contributed by atoms with Gasteiger partial charge in [-0.25, -0.2) is 13.1 Å². The van der Waals surface area contributed by atoms with Gasteiger partial charge in [0, 0.05) is 19.0 Å². The lowest BCUT2D eigenvalue weighted by molar-refractivity contribution is -0.121. The van der Waals surface area contributed by atoms with Crippen LogP contribution in [0, 0.1) is 13.8 Å². The van der Waals surface area contributed by atoms with Gasteiger partial charge in [0.15, 0.2) is 0 Å². The number of hydrogen-bond donors (Lipinski definition) is 3. The minimum absolute atomic E-state index is 0.0135. The summed E-state index contributed by atoms with van der Waals surface area (Å²) in [7, 11) is -3.62. The van der Waals surface area contributed by atoms with Gasteiger partial charge in [0.1, 0.15) is 0 Å². The Morgan fingerprint density at radius 1 is 1.33 bits per heavy atom. The first-order valence-electron chi connectivity index (χ1n) is 6.73. The normalized spacial score (nSPS) is 13.0. The maximum Gasteiger partial charge on any atom is 0.240 e. The quantitative estimate of drug-likeness (QED) is 0.682. The van der Waals surface area contributed by atoms with E-state index in [0.717, 1.165) is 5.56 Å². The van der Waals surface area contributed by atoms with Crippen molar-refractivity contribution in [1.82, 2.24) is 10.0 Å². The van der Waals surface area contributed by atoms with Crippen LogP contribution in [0.15, 0.2) is 23.1 Å². The molecule has 21 heavy (non-hydrogen) atoms. The molecule has 0 radical (unpaired) electrons. The van der Waals surface area contributed by atoms with E-state index in [1.807, 2.05) is 6.92 Å². The summed E-state index contributed by atoms with van der Waals surface area (Å²) >= 11 is 0. The Hall–Kier alpha value is -1.44. The van der Waals surface area contributed by atoms with Gasteiger partial charge in [-0.15, -0.1) is 0 Å². The average molecular weight is 314 g/mol. The minimum Gasteiger partial charge on any atom is -0.394 e. The van der Waals surface area contributed by atoms with Gasteiger partial charge in [-0.1, -0.05) is 17.7 Å². The fourth-order valence-electron chi connectivity index (χ4n) is 1.87. The van der Waals surface area contributed by atoms with Crippen LogP contribution in [0.25, 0.3) is 0 Å². The number of nitrogens with one attached hydrogen (secondary N) is 2. The molecule has 0 aromatic heterocycles. The van der Waals surface area contributed by atoms with E-state index < -0.39 is 10.0 Å². The molecule has 3 N–H and O–H groups in total. The smallest absolute Gasteiger partial charge is 0.240 e. The molecule has 1 aromatic rings. The minimum atomic E-state index is -3.62. The van der Waals surface area contributed by atoms with Gasteiger partial charge < -0.3 is 10.4 Å². The highest BCUT2D eigenvalue weighted by Crippen LogP contribution is 2.16.